The SMILES string of the molecule is CNC(c1cnc2ccccc2n1)c1ccc(Cl)cc1F. The molecule has 106 valence electrons. The molecule has 21 heavy (non-hydrogen) atoms. The van der Waals surface area contributed by atoms with Crippen LogP contribution in [0.1, 0.15) is 17.3 Å². The number of fused-ring (bicyclic) bond motifs is 1. The first kappa shape index (κ1) is 13.9. The van der Waals surface area contributed by atoms with E-state index in [0.29, 0.717) is 16.3 Å². The largest absolute Gasteiger partial charge is 0.308 e. The van der Waals surface area contributed by atoms with E-state index < -0.39 is 0 Å². The highest BCUT2D eigenvalue weighted by atomic mass is 35.5. The number of nitrogens with zero attached hydrogens (tertiary/aromatic N) is 2. The van der Waals surface area contributed by atoms with Crippen LogP contribution in [0.3, 0.4) is 0 Å². The standard InChI is InChI=1S/C16H13ClFN3/c1-19-16(11-7-6-10(17)8-12(11)18)15-9-20-13-4-2-3-5-14(13)21-15/h2-9,16,19H,1H3. The van der Waals surface area contributed by atoms with Crippen LogP contribution >= 0.6 is 11.6 Å². The molecule has 0 radical (unpaired) electrons. The second-order valence-corrected chi connectivity index (χ2v) is 5.11. The van der Waals surface area contributed by atoms with Crippen LogP contribution in [0.4, 0.5) is 4.39 Å². The first-order chi connectivity index (χ1) is 10.2. The quantitative estimate of drug-likeness (QED) is 0.801. The predicted octanol–water partition coefficient (Wildman–Crippen LogP) is 3.73. The van der Waals surface area contributed by atoms with Crippen molar-refractivity contribution in [2.45, 2.75) is 6.04 Å². The van der Waals surface area contributed by atoms with Crippen LogP contribution in [0.15, 0.2) is 48.7 Å². The van der Waals surface area contributed by atoms with Gasteiger partial charge in [-0.25, -0.2) is 9.37 Å². The maximum Gasteiger partial charge on any atom is 0.129 e. The minimum Gasteiger partial charge on any atom is -0.308 e. The molecule has 1 aromatic heterocycles. The summed E-state index contributed by atoms with van der Waals surface area (Å²) in [6, 6.07) is 11.8. The Hall–Kier alpha value is -2.04. The molecule has 0 saturated carbocycles. The molecule has 2 aromatic carbocycles. The number of benzene rings is 2. The van der Waals surface area contributed by atoms with Gasteiger partial charge < -0.3 is 5.32 Å². The Morgan fingerprint density at radius 3 is 2.62 bits per heavy atom. The van der Waals surface area contributed by atoms with Crippen molar-refractivity contribution in [3.8, 4) is 0 Å². The molecule has 0 aliphatic rings. The summed E-state index contributed by atoms with van der Waals surface area (Å²) < 4.78 is 14.1. The average molecular weight is 302 g/mol. The first-order valence-corrected chi connectivity index (χ1v) is 6.91. The second-order valence-electron chi connectivity index (χ2n) is 4.67. The van der Waals surface area contributed by atoms with Gasteiger partial charge in [-0.3, -0.25) is 4.98 Å². The van der Waals surface area contributed by atoms with Gasteiger partial charge in [0.2, 0.25) is 0 Å². The molecule has 0 aliphatic carbocycles. The highest BCUT2D eigenvalue weighted by molar-refractivity contribution is 6.30. The van der Waals surface area contributed by atoms with Gasteiger partial charge in [-0.2, -0.15) is 0 Å². The maximum absolute atomic E-state index is 14.1. The molecule has 1 atom stereocenters. The first-order valence-electron chi connectivity index (χ1n) is 6.53. The van der Waals surface area contributed by atoms with E-state index in [1.165, 1.54) is 6.07 Å². The van der Waals surface area contributed by atoms with Gasteiger partial charge in [0.15, 0.2) is 0 Å². The molecule has 0 bridgehead atoms. The lowest BCUT2D eigenvalue weighted by atomic mass is 10.0. The van der Waals surface area contributed by atoms with E-state index in [0.717, 1.165) is 11.0 Å². The van der Waals surface area contributed by atoms with Gasteiger partial charge in [0, 0.05) is 10.6 Å². The summed E-state index contributed by atoms with van der Waals surface area (Å²) in [6.07, 6.45) is 1.66. The minimum atomic E-state index is -0.376. The lowest BCUT2D eigenvalue weighted by Gasteiger charge is -2.17. The Balaban J connectivity index is 2.09. The molecule has 1 heterocycles. The maximum atomic E-state index is 14.1. The van der Waals surface area contributed by atoms with E-state index in [9.17, 15) is 4.39 Å². The van der Waals surface area contributed by atoms with Crippen LogP contribution in [-0.2, 0) is 0 Å². The molecule has 3 rings (SSSR count). The Morgan fingerprint density at radius 1 is 1.14 bits per heavy atom. The number of halogens is 2. The van der Waals surface area contributed by atoms with Crippen molar-refractivity contribution in [1.82, 2.24) is 15.3 Å². The smallest absolute Gasteiger partial charge is 0.129 e. The third-order valence-corrected chi connectivity index (χ3v) is 3.56. The Kier molecular flexibility index (Phi) is 3.82. The van der Waals surface area contributed by atoms with E-state index >= 15 is 0 Å². The molecule has 5 heteroatoms. The summed E-state index contributed by atoms with van der Waals surface area (Å²) in [7, 11) is 1.76. The molecular formula is C16H13ClFN3. The topological polar surface area (TPSA) is 37.8 Å². The van der Waals surface area contributed by atoms with Crippen LogP contribution < -0.4 is 5.32 Å². The van der Waals surface area contributed by atoms with Crippen molar-refractivity contribution in [3.05, 3.63) is 70.8 Å². The summed E-state index contributed by atoms with van der Waals surface area (Å²) in [4.78, 5) is 8.93. The van der Waals surface area contributed by atoms with Gasteiger partial charge in [0.25, 0.3) is 0 Å². The Morgan fingerprint density at radius 2 is 1.90 bits per heavy atom. The summed E-state index contributed by atoms with van der Waals surface area (Å²) in [5, 5.41) is 3.45. The Labute approximate surface area is 126 Å². The molecule has 3 aromatic rings. The van der Waals surface area contributed by atoms with Crippen LogP contribution in [0, 0.1) is 5.82 Å². The van der Waals surface area contributed by atoms with Crippen molar-refractivity contribution in [2.75, 3.05) is 7.05 Å². The van der Waals surface area contributed by atoms with Gasteiger partial charge in [0.1, 0.15) is 5.82 Å². The molecule has 0 amide bonds. The van der Waals surface area contributed by atoms with Crippen LogP contribution in [-0.4, -0.2) is 17.0 Å². The van der Waals surface area contributed by atoms with Crippen molar-refractivity contribution in [1.29, 1.82) is 0 Å². The van der Waals surface area contributed by atoms with E-state index in [1.807, 2.05) is 24.3 Å². The molecule has 1 unspecified atom stereocenters. The molecule has 0 spiro atoms. The van der Waals surface area contributed by atoms with Crippen molar-refractivity contribution < 1.29 is 4.39 Å². The fourth-order valence-corrected chi connectivity index (χ4v) is 2.47. The van der Waals surface area contributed by atoms with E-state index in [1.54, 1.807) is 25.4 Å². The normalized spacial score (nSPS) is 12.5. The van der Waals surface area contributed by atoms with Crippen molar-refractivity contribution >= 4 is 22.6 Å². The number of hydrogen-bond donors (Lipinski definition) is 1. The van der Waals surface area contributed by atoms with Crippen LogP contribution in [0.2, 0.25) is 5.02 Å². The van der Waals surface area contributed by atoms with Gasteiger partial charge in [-0.15, -0.1) is 0 Å². The summed E-state index contributed by atoms with van der Waals surface area (Å²) in [5.41, 5.74) is 2.75. The molecule has 1 N–H and O–H groups in total. The second kappa shape index (κ2) is 5.76. The third-order valence-electron chi connectivity index (χ3n) is 3.33. The zero-order valence-corrected chi connectivity index (χ0v) is 12.1. The predicted molar refractivity (Wildman–Crippen MR) is 81.9 cm³/mol. The molecule has 0 fully saturated rings. The number of hydrogen-bond acceptors (Lipinski definition) is 3. The van der Waals surface area contributed by atoms with Crippen molar-refractivity contribution in [3.63, 3.8) is 0 Å². The van der Waals surface area contributed by atoms with Gasteiger partial charge >= 0.3 is 0 Å². The summed E-state index contributed by atoms with van der Waals surface area (Å²) in [5.74, 6) is -0.364. The molecule has 3 nitrogen and oxygen atoms in total. The molecule has 0 saturated heterocycles. The highest BCUT2D eigenvalue weighted by Gasteiger charge is 2.18. The summed E-state index contributed by atoms with van der Waals surface area (Å²) >= 11 is 5.80. The van der Waals surface area contributed by atoms with E-state index in [4.69, 9.17) is 11.6 Å². The molecular weight excluding hydrogens is 289 g/mol. The lowest BCUT2D eigenvalue weighted by molar-refractivity contribution is 0.570. The van der Waals surface area contributed by atoms with Gasteiger partial charge in [0.05, 0.1) is 29.0 Å². The monoisotopic (exact) mass is 301 g/mol. The van der Waals surface area contributed by atoms with E-state index in [2.05, 4.69) is 15.3 Å². The van der Waals surface area contributed by atoms with Gasteiger partial charge in [-0.05, 0) is 31.3 Å². The highest BCUT2D eigenvalue weighted by Crippen LogP contribution is 2.25. The number of aromatic nitrogens is 2. The van der Waals surface area contributed by atoms with Gasteiger partial charge in [-0.1, -0.05) is 29.8 Å². The fraction of sp³-hybridized carbons (Fsp3) is 0.125. The van der Waals surface area contributed by atoms with Crippen LogP contribution in [0.25, 0.3) is 11.0 Å². The number of para-hydroxylation sites is 2. The fourth-order valence-electron chi connectivity index (χ4n) is 2.31. The lowest BCUT2D eigenvalue weighted by Crippen LogP contribution is -2.20. The average Bonchev–Trinajstić information content (AvgIpc) is 2.50. The zero-order chi connectivity index (χ0) is 14.8. The van der Waals surface area contributed by atoms with Crippen LogP contribution in [0.5, 0.6) is 0 Å². The van der Waals surface area contributed by atoms with E-state index in [-0.39, 0.29) is 11.9 Å². The minimum absolute atomic E-state index is 0.364. The molecule has 0 aliphatic heterocycles. The zero-order valence-electron chi connectivity index (χ0n) is 11.3. The van der Waals surface area contributed by atoms with Crippen molar-refractivity contribution in [2.24, 2.45) is 0 Å². The Bertz CT molecular complexity index is 791. The summed E-state index contributed by atoms with van der Waals surface area (Å²) in [6.45, 7) is 0. The third kappa shape index (κ3) is 2.73. The number of rotatable bonds is 3. The number of nitrogens with one attached hydrogen (secondary N) is 1.